The Morgan fingerprint density at radius 2 is 2.50 bits per heavy atom. The van der Waals surface area contributed by atoms with E-state index in [1.807, 2.05) is 12.2 Å². The Morgan fingerprint density at radius 1 is 1.75 bits per heavy atom. The van der Waals surface area contributed by atoms with E-state index in [1.54, 1.807) is 0 Å². The van der Waals surface area contributed by atoms with Gasteiger partial charge in [0, 0.05) is 5.03 Å². The second-order valence-corrected chi connectivity index (χ2v) is 2.60. The quantitative estimate of drug-likeness (QED) is 0.471. The first-order valence-electron chi connectivity index (χ1n) is 2.83. The van der Waals surface area contributed by atoms with Crippen molar-refractivity contribution in [2.45, 2.75) is 13.3 Å². The highest BCUT2D eigenvalue weighted by Crippen LogP contribution is 2.17. The van der Waals surface area contributed by atoms with Crippen LogP contribution in [0.5, 0.6) is 0 Å². The van der Waals surface area contributed by atoms with Gasteiger partial charge in [-0.3, -0.25) is 0 Å². The molecule has 0 saturated carbocycles. The first-order chi connectivity index (χ1) is 3.79. The third-order valence-corrected chi connectivity index (χ3v) is 1.55. The van der Waals surface area contributed by atoms with E-state index >= 15 is 0 Å². The van der Waals surface area contributed by atoms with Crippen LogP contribution in [0.2, 0.25) is 0 Å². The highest BCUT2D eigenvalue weighted by Gasteiger charge is 1.99. The lowest BCUT2D eigenvalue weighted by molar-refractivity contribution is 0.735. The molecule has 0 unspecified atom stereocenters. The molecule has 1 heteroatoms. The number of hydrogen-bond donors (Lipinski definition) is 0. The van der Waals surface area contributed by atoms with Crippen molar-refractivity contribution in [2.24, 2.45) is 5.92 Å². The minimum Gasteiger partial charge on any atom is -0.0847 e. The fourth-order valence-corrected chi connectivity index (χ4v) is 0.863. The van der Waals surface area contributed by atoms with Crippen molar-refractivity contribution in [1.82, 2.24) is 0 Å². The van der Waals surface area contributed by atoms with E-state index in [4.69, 9.17) is 11.6 Å². The fourth-order valence-electron chi connectivity index (χ4n) is 0.701. The van der Waals surface area contributed by atoms with Crippen LogP contribution in [0.1, 0.15) is 13.3 Å². The summed E-state index contributed by atoms with van der Waals surface area (Å²) in [5.41, 5.74) is 0. The predicted octanol–water partition coefficient (Wildman–Crippen LogP) is 2.71. The van der Waals surface area contributed by atoms with E-state index < -0.39 is 0 Å². The molecule has 44 valence electrons. The molecule has 0 nitrogen and oxygen atoms in total. The van der Waals surface area contributed by atoms with Gasteiger partial charge in [0.15, 0.2) is 0 Å². The minimum atomic E-state index is 0.678. The third-order valence-electron chi connectivity index (χ3n) is 1.27. The van der Waals surface area contributed by atoms with Crippen LogP contribution in [-0.4, -0.2) is 0 Å². The maximum Gasteiger partial charge on any atom is 0.0363 e. The standard InChI is InChI=1S/C7H9Cl/c1-6-2-4-7(8)5-3-6/h2,4-6H,3H2,1H3/t6-/m1/s1. The zero-order valence-corrected chi connectivity index (χ0v) is 5.65. The molecular formula is C7H9Cl. The van der Waals surface area contributed by atoms with Crippen LogP contribution in [0.25, 0.3) is 0 Å². The lowest BCUT2D eigenvalue weighted by Gasteiger charge is -2.05. The molecule has 0 N–H and O–H groups in total. The van der Waals surface area contributed by atoms with Gasteiger partial charge in [0.2, 0.25) is 0 Å². The molecule has 1 atom stereocenters. The van der Waals surface area contributed by atoms with Crippen molar-refractivity contribution < 1.29 is 0 Å². The molecular weight excluding hydrogens is 120 g/mol. The summed E-state index contributed by atoms with van der Waals surface area (Å²) >= 11 is 5.66. The number of rotatable bonds is 0. The third kappa shape index (κ3) is 1.38. The van der Waals surface area contributed by atoms with E-state index in [1.165, 1.54) is 0 Å². The molecule has 0 aromatic rings. The first kappa shape index (κ1) is 5.90. The van der Waals surface area contributed by atoms with Gasteiger partial charge in [0.1, 0.15) is 0 Å². The topological polar surface area (TPSA) is 0 Å². The lowest BCUT2D eigenvalue weighted by Crippen LogP contribution is -1.90. The molecule has 0 aliphatic heterocycles. The first-order valence-corrected chi connectivity index (χ1v) is 3.20. The molecule has 0 spiro atoms. The van der Waals surface area contributed by atoms with Crippen molar-refractivity contribution in [3.05, 3.63) is 23.3 Å². The van der Waals surface area contributed by atoms with Crippen molar-refractivity contribution in [2.75, 3.05) is 0 Å². The van der Waals surface area contributed by atoms with Gasteiger partial charge in [-0.15, -0.1) is 0 Å². The molecule has 0 fully saturated rings. The van der Waals surface area contributed by atoms with Gasteiger partial charge in [-0.05, 0) is 18.4 Å². The molecule has 0 aromatic carbocycles. The van der Waals surface area contributed by atoms with Crippen molar-refractivity contribution in [1.29, 1.82) is 0 Å². The van der Waals surface area contributed by atoms with Crippen LogP contribution in [0.4, 0.5) is 0 Å². The van der Waals surface area contributed by atoms with Crippen LogP contribution in [-0.2, 0) is 0 Å². The van der Waals surface area contributed by atoms with Gasteiger partial charge in [-0.25, -0.2) is 0 Å². The van der Waals surface area contributed by atoms with Crippen LogP contribution in [0.15, 0.2) is 23.3 Å². The zero-order valence-electron chi connectivity index (χ0n) is 4.89. The van der Waals surface area contributed by atoms with Crippen molar-refractivity contribution >= 4 is 11.6 Å². The second-order valence-electron chi connectivity index (χ2n) is 2.16. The molecule has 0 radical (unpaired) electrons. The van der Waals surface area contributed by atoms with Gasteiger partial charge in [0.05, 0.1) is 0 Å². The molecule has 0 aromatic heterocycles. The summed E-state index contributed by atoms with van der Waals surface area (Å²) in [5.74, 6) is 0.678. The lowest BCUT2D eigenvalue weighted by atomic mass is 10.0. The SMILES string of the molecule is C[C@@H]1C=CC(Cl)=CC1. The van der Waals surface area contributed by atoms with E-state index in [2.05, 4.69) is 13.0 Å². The molecule has 0 amide bonds. The van der Waals surface area contributed by atoms with Gasteiger partial charge >= 0.3 is 0 Å². The zero-order chi connectivity index (χ0) is 5.98. The summed E-state index contributed by atoms with van der Waals surface area (Å²) in [4.78, 5) is 0. The van der Waals surface area contributed by atoms with Crippen LogP contribution < -0.4 is 0 Å². The maximum absolute atomic E-state index is 5.66. The van der Waals surface area contributed by atoms with E-state index in [-0.39, 0.29) is 0 Å². The smallest absolute Gasteiger partial charge is 0.0363 e. The van der Waals surface area contributed by atoms with E-state index in [9.17, 15) is 0 Å². The normalized spacial score (nSPS) is 27.8. The molecule has 0 heterocycles. The van der Waals surface area contributed by atoms with Gasteiger partial charge < -0.3 is 0 Å². The molecule has 8 heavy (non-hydrogen) atoms. The predicted molar refractivity (Wildman–Crippen MR) is 36.9 cm³/mol. The number of hydrogen-bond acceptors (Lipinski definition) is 0. The van der Waals surface area contributed by atoms with E-state index in [0.717, 1.165) is 11.5 Å². The average molecular weight is 129 g/mol. The Kier molecular flexibility index (Phi) is 1.74. The summed E-state index contributed by atoms with van der Waals surface area (Å²) in [6.45, 7) is 2.18. The Balaban J connectivity index is 2.58. The summed E-state index contributed by atoms with van der Waals surface area (Å²) in [6, 6.07) is 0. The highest BCUT2D eigenvalue weighted by atomic mass is 35.5. The van der Waals surface area contributed by atoms with Crippen LogP contribution >= 0.6 is 11.6 Å². The van der Waals surface area contributed by atoms with Crippen LogP contribution in [0.3, 0.4) is 0 Å². The summed E-state index contributed by atoms with van der Waals surface area (Å²) in [6.07, 6.45) is 7.22. The van der Waals surface area contributed by atoms with Gasteiger partial charge in [0.25, 0.3) is 0 Å². The van der Waals surface area contributed by atoms with Crippen molar-refractivity contribution in [3.8, 4) is 0 Å². The molecule has 0 saturated heterocycles. The summed E-state index contributed by atoms with van der Waals surface area (Å²) in [7, 11) is 0. The minimum absolute atomic E-state index is 0.678. The Bertz CT molecular complexity index is 133. The Morgan fingerprint density at radius 3 is 2.88 bits per heavy atom. The average Bonchev–Trinajstić information content (AvgIpc) is 1.77. The number of allylic oxidation sites excluding steroid dienone is 4. The fraction of sp³-hybridized carbons (Fsp3) is 0.429. The maximum atomic E-state index is 5.66. The van der Waals surface area contributed by atoms with Crippen LogP contribution in [0, 0.1) is 5.92 Å². The molecule has 1 aliphatic rings. The molecule has 1 rings (SSSR count). The monoisotopic (exact) mass is 128 g/mol. The molecule has 1 aliphatic carbocycles. The largest absolute Gasteiger partial charge is 0.0847 e. The van der Waals surface area contributed by atoms with Gasteiger partial charge in [-0.2, -0.15) is 0 Å². The van der Waals surface area contributed by atoms with E-state index in [0.29, 0.717) is 5.92 Å². The summed E-state index contributed by atoms with van der Waals surface area (Å²) in [5, 5.41) is 0.878. The Hall–Kier alpha value is -0.230. The molecule has 0 bridgehead atoms. The van der Waals surface area contributed by atoms with Gasteiger partial charge in [-0.1, -0.05) is 30.7 Å². The van der Waals surface area contributed by atoms with Crippen molar-refractivity contribution in [3.63, 3.8) is 0 Å². The number of halogens is 1. The summed E-state index contributed by atoms with van der Waals surface area (Å²) < 4.78 is 0. The highest BCUT2D eigenvalue weighted by molar-refractivity contribution is 6.31. The Labute approximate surface area is 54.8 Å². The second kappa shape index (κ2) is 2.36.